The van der Waals surface area contributed by atoms with Gasteiger partial charge in [-0.1, -0.05) is 12.1 Å². The van der Waals surface area contributed by atoms with Gasteiger partial charge >= 0.3 is 0 Å². The van der Waals surface area contributed by atoms with E-state index in [0.29, 0.717) is 19.3 Å². The molecule has 2 aromatic carbocycles. The Morgan fingerprint density at radius 2 is 1.81 bits per heavy atom. The second-order valence-corrected chi connectivity index (χ2v) is 8.98. The van der Waals surface area contributed by atoms with Crippen LogP contribution in [-0.4, -0.2) is 50.8 Å². The lowest BCUT2D eigenvalue weighted by Crippen LogP contribution is -2.51. The molecule has 1 saturated heterocycles. The fraction of sp³-hybridized carbons (Fsp3) is 0.381. The highest BCUT2D eigenvalue weighted by molar-refractivity contribution is 7.89. The largest absolute Gasteiger partial charge is 0.394 e. The summed E-state index contributed by atoms with van der Waals surface area (Å²) in [6.07, 6.45) is 0.273. The number of aliphatic hydroxyl groups is 1. The van der Waals surface area contributed by atoms with E-state index in [2.05, 4.69) is 10.0 Å². The summed E-state index contributed by atoms with van der Waals surface area (Å²) in [6, 6.07) is 9.46. The molecule has 0 bridgehead atoms. The van der Waals surface area contributed by atoms with Crippen molar-refractivity contribution in [3.05, 3.63) is 65.7 Å². The van der Waals surface area contributed by atoms with Crippen LogP contribution in [0.4, 0.5) is 8.78 Å². The first-order valence-corrected chi connectivity index (χ1v) is 11.4. The minimum atomic E-state index is -3.90. The van der Waals surface area contributed by atoms with E-state index in [9.17, 15) is 27.1 Å². The first-order valence-electron chi connectivity index (χ1n) is 9.87. The van der Waals surface area contributed by atoms with Crippen LogP contribution in [0.25, 0.3) is 0 Å². The third kappa shape index (κ3) is 6.07. The van der Waals surface area contributed by atoms with Gasteiger partial charge in [0.25, 0.3) is 5.91 Å². The summed E-state index contributed by atoms with van der Waals surface area (Å²) < 4.78 is 60.0. The highest BCUT2D eigenvalue weighted by atomic mass is 32.2. The lowest BCUT2D eigenvalue weighted by atomic mass is 9.98. The number of amides is 1. The lowest BCUT2D eigenvalue weighted by molar-refractivity contribution is -0.0871. The van der Waals surface area contributed by atoms with Crippen molar-refractivity contribution in [1.29, 1.82) is 0 Å². The monoisotopic (exact) mass is 454 g/mol. The average Bonchev–Trinajstić information content (AvgIpc) is 2.75. The van der Waals surface area contributed by atoms with E-state index in [1.807, 2.05) is 0 Å². The minimum Gasteiger partial charge on any atom is -0.394 e. The van der Waals surface area contributed by atoms with Crippen LogP contribution in [0.5, 0.6) is 0 Å². The van der Waals surface area contributed by atoms with Gasteiger partial charge in [0, 0.05) is 6.54 Å². The van der Waals surface area contributed by atoms with Crippen LogP contribution < -0.4 is 10.0 Å². The van der Waals surface area contributed by atoms with Gasteiger partial charge in [-0.25, -0.2) is 21.9 Å². The van der Waals surface area contributed by atoms with Crippen molar-refractivity contribution in [2.75, 3.05) is 13.2 Å². The number of benzene rings is 2. The number of hydrogen-bond donors (Lipinski definition) is 3. The van der Waals surface area contributed by atoms with E-state index in [0.717, 1.165) is 24.3 Å². The maximum atomic E-state index is 13.7. The molecule has 1 heterocycles. The van der Waals surface area contributed by atoms with E-state index in [4.69, 9.17) is 4.74 Å². The van der Waals surface area contributed by atoms with Crippen LogP contribution in [0.15, 0.2) is 53.4 Å². The lowest BCUT2D eigenvalue weighted by Gasteiger charge is -2.36. The fourth-order valence-corrected chi connectivity index (χ4v) is 4.75. The molecule has 0 radical (unpaired) electrons. The van der Waals surface area contributed by atoms with Gasteiger partial charge < -0.3 is 15.2 Å². The summed E-state index contributed by atoms with van der Waals surface area (Å²) in [4.78, 5) is 12.0. The molecule has 1 aliphatic rings. The molecule has 0 aliphatic carbocycles. The molecular formula is C21H24F2N2O5S. The number of rotatable bonds is 8. The van der Waals surface area contributed by atoms with Crippen LogP contribution in [-0.2, 0) is 14.8 Å². The number of sulfonamides is 1. The molecule has 1 aliphatic heterocycles. The van der Waals surface area contributed by atoms with E-state index in [-0.39, 0.29) is 23.1 Å². The summed E-state index contributed by atoms with van der Waals surface area (Å²) >= 11 is 0. The summed E-state index contributed by atoms with van der Waals surface area (Å²) in [6.45, 7) is -0.156. The van der Waals surface area contributed by atoms with Crippen molar-refractivity contribution in [3.8, 4) is 0 Å². The predicted octanol–water partition coefficient (Wildman–Crippen LogP) is 1.97. The van der Waals surface area contributed by atoms with Crippen molar-refractivity contribution >= 4 is 15.9 Å². The molecule has 0 spiro atoms. The number of carbonyl (C=O) groups excluding carboxylic acids is 1. The molecule has 0 aromatic heterocycles. The average molecular weight is 454 g/mol. The molecular weight excluding hydrogens is 430 g/mol. The fourth-order valence-electron chi connectivity index (χ4n) is 3.45. The van der Waals surface area contributed by atoms with Crippen LogP contribution in [0.2, 0.25) is 0 Å². The third-order valence-corrected chi connectivity index (χ3v) is 6.60. The molecule has 31 heavy (non-hydrogen) atoms. The molecule has 0 unspecified atom stereocenters. The molecule has 1 fully saturated rings. The van der Waals surface area contributed by atoms with Crippen LogP contribution in [0.1, 0.15) is 29.6 Å². The second kappa shape index (κ2) is 10.3. The Kier molecular flexibility index (Phi) is 7.71. The second-order valence-electron chi connectivity index (χ2n) is 7.26. The maximum Gasteiger partial charge on any atom is 0.254 e. The SMILES string of the molecule is O=C(NCC[C@H]1CC[C@@H](NS(=O)(=O)c2ccc(F)cc2)[C@H](CO)O1)c1ccccc1F. The number of halogens is 2. The van der Waals surface area contributed by atoms with E-state index >= 15 is 0 Å². The molecule has 0 saturated carbocycles. The predicted molar refractivity (Wildman–Crippen MR) is 109 cm³/mol. The Morgan fingerprint density at radius 1 is 1.10 bits per heavy atom. The minimum absolute atomic E-state index is 0.0458. The van der Waals surface area contributed by atoms with Crippen LogP contribution in [0.3, 0.4) is 0 Å². The van der Waals surface area contributed by atoms with Gasteiger partial charge in [-0.05, 0) is 55.7 Å². The van der Waals surface area contributed by atoms with Crippen molar-refractivity contribution in [2.45, 2.75) is 42.4 Å². The van der Waals surface area contributed by atoms with Gasteiger partial charge in [-0.2, -0.15) is 0 Å². The summed E-state index contributed by atoms with van der Waals surface area (Å²) in [5.41, 5.74) is -0.0458. The zero-order valence-corrected chi connectivity index (χ0v) is 17.4. The highest BCUT2D eigenvalue weighted by Crippen LogP contribution is 2.23. The number of nitrogens with one attached hydrogen (secondary N) is 2. The van der Waals surface area contributed by atoms with Crippen molar-refractivity contribution in [1.82, 2.24) is 10.0 Å². The Labute approximate surface area is 179 Å². The number of aliphatic hydroxyl groups excluding tert-OH is 1. The van der Waals surface area contributed by atoms with Gasteiger partial charge in [0.1, 0.15) is 11.6 Å². The third-order valence-electron chi connectivity index (χ3n) is 5.10. The molecule has 1 amide bonds. The maximum absolute atomic E-state index is 13.7. The summed E-state index contributed by atoms with van der Waals surface area (Å²) in [5, 5.41) is 12.3. The highest BCUT2D eigenvalue weighted by Gasteiger charge is 2.33. The molecule has 3 atom stereocenters. The topological polar surface area (TPSA) is 105 Å². The van der Waals surface area contributed by atoms with E-state index < -0.39 is 46.3 Å². The zero-order valence-electron chi connectivity index (χ0n) is 16.6. The number of hydrogen-bond acceptors (Lipinski definition) is 5. The molecule has 168 valence electrons. The smallest absolute Gasteiger partial charge is 0.254 e. The molecule has 3 rings (SSSR count). The van der Waals surface area contributed by atoms with Crippen molar-refractivity contribution < 1.29 is 31.8 Å². The van der Waals surface area contributed by atoms with Crippen molar-refractivity contribution in [2.24, 2.45) is 0 Å². The summed E-state index contributed by atoms with van der Waals surface area (Å²) in [7, 11) is -3.90. The van der Waals surface area contributed by atoms with Gasteiger partial charge in [-0.15, -0.1) is 0 Å². The standard InChI is InChI=1S/C21H24F2N2O5S/c22-14-5-8-16(9-6-14)31(28,29)25-19-10-7-15(30-20(19)13-26)11-12-24-21(27)17-3-1-2-4-18(17)23/h1-6,8-9,15,19-20,25-26H,7,10-13H2,(H,24,27)/t15-,19-,20+/m1/s1. The Bertz CT molecular complexity index is 1000. The number of carbonyl (C=O) groups is 1. The van der Waals surface area contributed by atoms with Crippen LogP contribution >= 0.6 is 0 Å². The molecule has 10 heteroatoms. The van der Waals surface area contributed by atoms with Crippen molar-refractivity contribution in [3.63, 3.8) is 0 Å². The first kappa shape index (κ1) is 23.3. The molecule has 3 N–H and O–H groups in total. The first-order chi connectivity index (χ1) is 14.8. The van der Waals surface area contributed by atoms with Gasteiger partial charge in [0.2, 0.25) is 10.0 Å². The van der Waals surface area contributed by atoms with E-state index in [1.54, 1.807) is 6.07 Å². The van der Waals surface area contributed by atoms with Gasteiger partial charge in [0.05, 0.1) is 35.3 Å². The molecule has 7 nitrogen and oxygen atoms in total. The Hall–Kier alpha value is -2.40. The van der Waals surface area contributed by atoms with E-state index in [1.165, 1.54) is 18.2 Å². The Morgan fingerprint density at radius 3 is 2.48 bits per heavy atom. The number of ether oxygens (including phenoxy) is 1. The zero-order chi connectivity index (χ0) is 22.4. The van der Waals surface area contributed by atoms with Gasteiger partial charge in [0.15, 0.2) is 0 Å². The molecule has 2 aromatic rings. The van der Waals surface area contributed by atoms with Crippen LogP contribution in [0, 0.1) is 11.6 Å². The normalized spacial score (nSPS) is 21.6. The Balaban J connectivity index is 1.51. The summed E-state index contributed by atoms with van der Waals surface area (Å²) in [5.74, 6) is -1.68. The quantitative estimate of drug-likeness (QED) is 0.566. The van der Waals surface area contributed by atoms with Gasteiger partial charge in [-0.3, -0.25) is 4.79 Å².